The summed E-state index contributed by atoms with van der Waals surface area (Å²) in [5.74, 6) is 0. The summed E-state index contributed by atoms with van der Waals surface area (Å²) in [6, 6.07) is 0. The lowest BCUT2D eigenvalue weighted by molar-refractivity contribution is 0.0822. The van der Waals surface area contributed by atoms with Gasteiger partial charge in [0.15, 0.2) is 12.0 Å². The van der Waals surface area contributed by atoms with Gasteiger partial charge < -0.3 is 4.74 Å². The van der Waals surface area contributed by atoms with Crippen molar-refractivity contribution in [2.75, 3.05) is 13.5 Å². The van der Waals surface area contributed by atoms with Gasteiger partial charge in [0, 0.05) is 0 Å². The van der Waals surface area contributed by atoms with E-state index in [0.717, 1.165) is 0 Å². The number of alkyl halides is 1. The standard InChI is InChI=1S/C3H4F2OS/c4-2-6-1-3(5)7/h1-2H2. The molecule has 0 radical (unpaired) electrons. The Labute approximate surface area is 45.3 Å². The molecule has 0 saturated heterocycles. The van der Waals surface area contributed by atoms with Crippen LogP contribution in [-0.4, -0.2) is 18.6 Å². The van der Waals surface area contributed by atoms with Gasteiger partial charge in [-0.2, -0.15) is 4.39 Å². The Balaban J connectivity index is 2.82. The molecule has 0 rings (SSSR count). The van der Waals surface area contributed by atoms with E-state index >= 15 is 0 Å². The van der Waals surface area contributed by atoms with Crippen LogP contribution in [0.2, 0.25) is 0 Å². The van der Waals surface area contributed by atoms with E-state index in [0.29, 0.717) is 0 Å². The van der Waals surface area contributed by atoms with Crippen LogP contribution in [0.3, 0.4) is 0 Å². The summed E-state index contributed by atoms with van der Waals surface area (Å²) in [7, 11) is 0. The monoisotopic (exact) mass is 126 g/mol. The molecule has 0 aromatic heterocycles. The van der Waals surface area contributed by atoms with Crippen molar-refractivity contribution in [1.29, 1.82) is 0 Å². The summed E-state index contributed by atoms with van der Waals surface area (Å²) in [6.07, 6.45) is 0. The van der Waals surface area contributed by atoms with Gasteiger partial charge in [-0.05, 0) is 12.2 Å². The lowest BCUT2D eigenvalue weighted by Crippen LogP contribution is -1.98. The van der Waals surface area contributed by atoms with Crippen molar-refractivity contribution in [3.63, 3.8) is 0 Å². The molecule has 0 spiro atoms. The molecule has 7 heavy (non-hydrogen) atoms. The van der Waals surface area contributed by atoms with Crippen LogP contribution in [0.1, 0.15) is 0 Å². The van der Waals surface area contributed by atoms with Crippen LogP contribution in [0.25, 0.3) is 0 Å². The van der Waals surface area contributed by atoms with Gasteiger partial charge in [-0.25, -0.2) is 4.39 Å². The molecular weight excluding hydrogens is 122 g/mol. The zero-order chi connectivity index (χ0) is 5.70. The van der Waals surface area contributed by atoms with Crippen molar-refractivity contribution in [2.45, 2.75) is 0 Å². The molecule has 0 aliphatic heterocycles. The Morgan fingerprint density at radius 3 is 2.43 bits per heavy atom. The van der Waals surface area contributed by atoms with Gasteiger partial charge in [-0.3, -0.25) is 0 Å². The Hall–Kier alpha value is -0.0900. The van der Waals surface area contributed by atoms with Gasteiger partial charge in [0.25, 0.3) is 0 Å². The second kappa shape index (κ2) is 4.08. The van der Waals surface area contributed by atoms with Crippen LogP contribution < -0.4 is 0 Å². The van der Waals surface area contributed by atoms with Crippen molar-refractivity contribution >= 4 is 17.3 Å². The molecule has 0 N–H and O–H groups in total. The van der Waals surface area contributed by atoms with E-state index in [4.69, 9.17) is 0 Å². The van der Waals surface area contributed by atoms with Crippen LogP contribution in [0, 0.1) is 0 Å². The number of halogens is 2. The van der Waals surface area contributed by atoms with Gasteiger partial charge in [-0.1, -0.05) is 0 Å². The number of hydrogen-bond donors (Lipinski definition) is 0. The van der Waals surface area contributed by atoms with E-state index in [-0.39, 0.29) is 0 Å². The van der Waals surface area contributed by atoms with Crippen LogP contribution in [0.4, 0.5) is 8.78 Å². The first-order chi connectivity index (χ1) is 3.27. The van der Waals surface area contributed by atoms with Gasteiger partial charge in [0.05, 0.1) is 0 Å². The zero-order valence-electron chi connectivity index (χ0n) is 3.49. The maximum Gasteiger partial charge on any atom is 0.188 e. The topological polar surface area (TPSA) is 9.23 Å². The fourth-order valence-corrected chi connectivity index (χ4v) is 0.202. The van der Waals surface area contributed by atoms with Crippen LogP contribution in [-0.2, 0) is 4.74 Å². The maximum absolute atomic E-state index is 11.3. The summed E-state index contributed by atoms with van der Waals surface area (Å²) < 4.78 is 26.1. The fraction of sp³-hybridized carbons (Fsp3) is 0.667. The predicted octanol–water partition coefficient (Wildman–Crippen LogP) is 1.23. The van der Waals surface area contributed by atoms with E-state index in [9.17, 15) is 8.78 Å². The molecule has 0 aromatic carbocycles. The van der Waals surface area contributed by atoms with E-state index in [1.165, 1.54) is 0 Å². The van der Waals surface area contributed by atoms with Crippen LogP contribution in [0.15, 0.2) is 0 Å². The highest BCUT2D eigenvalue weighted by atomic mass is 32.1. The molecule has 0 unspecified atom stereocenters. The summed E-state index contributed by atoms with van der Waals surface area (Å²) >= 11 is 3.90. The summed E-state index contributed by atoms with van der Waals surface area (Å²) in [5, 5.41) is -0.822. The molecule has 0 aromatic rings. The molecule has 1 nitrogen and oxygen atoms in total. The molecule has 0 aliphatic rings. The van der Waals surface area contributed by atoms with Crippen molar-refractivity contribution in [2.24, 2.45) is 0 Å². The first kappa shape index (κ1) is 6.91. The molecule has 0 aliphatic carbocycles. The number of hydrogen-bond acceptors (Lipinski definition) is 2. The van der Waals surface area contributed by atoms with E-state index in [1.54, 1.807) is 0 Å². The largest absolute Gasteiger partial charge is 0.342 e. The second-order valence-electron chi connectivity index (χ2n) is 0.813. The second-order valence-corrected chi connectivity index (χ2v) is 1.26. The first-order valence-corrected chi connectivity index (χ1v) is 2.00. The van der Waals surface area contributed by atoms with Crippen molar-refractivity contribution in [3.05, 3.63) is 0 Å². The van der Waals surface area contributed by atoms with E-state index < -0.39 is 18.6 Å². The molecule has 4 heteroatoms. The normalized spacial score (nSPS) is 8.86. The van der Waals surface area contributed by atoms with Gasteiger partial charge >= 0.3 is 0 Å². The summed E-state index contributed by atoms with van der Waals surface area (Å²) in [5.41, 5.74) is 0. The van der Waals surface area contributed by atoms with Crippen LogP contribution in [0.5, 0.6) is 0 Å². The van der Waals surface area contributed by atoms with Crippen molar-refractivity contribution < 1.29 is 13.5 Å². The fourth-order valence-electron chi connectivity index (χ4n) is 0.119. The smallest absolute Gasteiger partial charge is 0.188 e. The molecule has 0 amide bonds. The lowest BCUT2D eigenvalue weighted by atomic mass is 10.8. The predicted molar refractivity (Wildman–Crippen MR) is 25.6 cm³/mol. The van der Waals surface area contributed by atoms with Gasteiger partial charge in [-0.15, -0.1) is 0 Å². The summed E-state index contributed by atoms with van der Waals surface area (Å²) in [4.78, 5) is 0. The van der Waals surface area contributed by atoms with Gasteiger partial charge in [0.2, 0.25) is 0 Å². The molecule has 0 atom stereocenters. The highest BCUT2D eigenvalue weighted by Crippen LogP contribution is 1.80. The van der Waals surface area contributed by atoms with Gasteiger partial charge in [0.1, 0.15) is 6.61 Å². The number of ether oxygens (including phenoxy) is 1. The third kappa shape index (κ3) is 5.91. The highest BCUT2D eigenvalue weighted by molar-refractivity contribution is 7.80. The third-order valence-corrected chi connectivity index (χ3v) is 0.411. The lowest BCUT2D eigenvalue weighted by Gasteiger charge is -1.88. The number of thiocarbonyl (C=S) groups is 1. The van der Waals surface area contributed by atoms with Crippen molar-refractivity contribution in [1.82, 2.24) is 0 Å². The molecule has 0 bridgehead atoms. The third-order valence-electron chi connectivity index (χ3n) is 0.293. The van der Waals surface area contributed by atoms with Crippen LogP contribution >= 0.6 is 12.2 Å². The highest BCUT2D eigenvalue weighted by Gasteiger charge is 1.88. The molecule has 0 fully saturated rings. The summed E-state index contributed by atoms with van der Waals surface area (Å²) in [6.45, 7) is -1.39. The number of rotatable bonds is 3. The zero-order valence-corrected chi connectivity index (χ0v) is 4.30. The first-order valence-electron chi connectivity index (χ1n) is 1.59. The average Bonchev–Trinajstić information content (AvgIpc) is 1.61. The van der Waals surface area contributed by atoms with Crippen molar-refractivity contribution in [3.8, 4) is 0 Å². The Bertz CT molecular complexity index is 66.0. The molecular formula is C3H4F2OS. The Kier molecular flexibility index (Phi) is 4.03. The maximum atomic E-state index is 11.3. The average molecular weight is 126 g/mol. The minimum Gasteiger partial charge on any atom is -0.342 e. The Morgan fingerprint density at radius 2 is 2.29 bits per heavy atom. The molecule has 42 valence electrons. The van der Waals surface area contributed by atoms with E-state index in [2.05, 4.69) is 17.0 Å². The van der Waals surface area contributed by atoms with E-state index in [1.807, 2.05) is 0 Å². The SMILES string of the molecule is FCOCC(F)=S. The quantitative estimate of drug-likeness (QED) is 0.415. The molecule has 0 heterocycles. The minimum atomic E-state index is -0.982. The Morgan fingerprint density at radius 1 is 1.71 bits per heavy atom. The minimum absolute atomic E-state index is 0.411. The molecule has 0 saturated carbocycles.